The number of aromatic nitrogens is 2. The number of H-pyrrole nitrogens is 1. The number of nitrogens with one attached hydrogen (secondary N) is 4. The molecule has 0 radical (unpaired) electrons. The second-order valence-corrected chi connectivity index (χ2v) is 13.4. The number of aromatic amines is 1. The van der Waals surface area contributed by atoms with Crippen LogP contribution in [0.1, 0.15) is 58.1 Å². The maximum Gasteiger partial charge on any atom is 0.306 e. The van der Waals surface area contributed by atoms with Gasteiger partial charge in [-0.3, -0.25) is 19.2 Å². The van der Waals surface area contributed by atoms with Crippen molar-refractivity contribution in [2.75, 3.05) is 25.5 Å². The maximum atomic E-state index is 13.4. The van der Waals surface area contributed by atoms with Gasteiger partial charge in [-0.25, -0.2) is 0 Å². The minimum atomic E-state index is -1.12. The standard InChI is InChI=1S/C37H39Cl2N5O10/c1-53-36-19(15-40-17-21(45)13-31(47)48)12-28(38)37(44-36)54-30-11-9-24-23(4-2-5-25(24)30)26-6-3-7-27(33(26)39)34(51)43-29-10-8-20(42-35(29)52)16-41-18-22(46)14-32(49)50/h2-8,10,12,21-22,30,40-41,45-46H,9,11,13-18H2,1H3,(H,42,52)(H,43,51)(H,47,48)(H,49,50)/t21?,22?,30-/m0/s1. The number of benzene rings is 2. The highest BCUT2D eigenvalue weighted by Gasteiger charge is 2.29. The first-order valence-electron chi connectivity index (χ1n) is 16.9. The molecule has 0 aliphatic heterocycles. The Kier molecular flexibility index (Phi) is 13.6. The number of carboxylic acids is 2. The molecule has 1 aliphatic carbocycles. The number of amides is 1. The largest absolute Gasteiger partial charge is 0.481 e. The molecule has 2 unspecified atom stereocenters. The number of aliphatic hydroxyl groups excluding tert-OH is 2. The minimum absolute atomic E-state index is 0.000501. The molecule has 286 valence electrons. The number of carboxylic acid groups (broad SMARTS) is 2. The molecule has 4 aromatic rings. The number of rotatable bonds is 18. The average molecular weight is 785 g/mol. The highest BCUT2D eigenvalue weighted by molar-refractivity contribution is 6.37. The molecule has 1 amide bonds. The Morgan fingerprint density at radius 1 is 0.926 bits per heavy atom. The molecule has 5 rings (SSSR count). The smallest absolute Gasteiger partial charge is 0.306 e. The summed E-state index contributed by atoms with van der Waals surface area (Å²) in [5.74, 6) is -2.40. The number of halogens is 2. The Balaban J connectivity index is 1.27. The van der Waals surface area contributed by atoms with Crippen molar-refractivity contribution in [2.45, 2.75) is 57.1 Å². The van der Waals surface area contributed by atoms with Crippen molar-refractivity contribution in [1.29, 1.82) is 0 Å². The van der Waals surface area contributed by atoms with E-state index in [0.717, 1.165) is 16.7 Å². The highest BCUT2D eigenvalue weighted by atomic mass is 35.5. The quantitative estimate of drug-likeness (QED) is 0.0716. The van der Waals surface area contributed by atoms with Crippen LogP contribution < -0.4 is 31.0 Å². The van der Waals surface area contributed by atoms with Gasteiger partial charge in [0.1, 0.15) is 16.8 Å². The molecule has 0 saturated carbocycles. The molecule has 2 aromatic heterocycles. The van der Waals surface area contributed by atoms with Crippen molar-refractivity contribution in [1.82, 2.24) is 20.6 Å². The average Bonchev–Trinajstić information content (AvgIpc) is 3.52. The van der Waals surface area contributed by atoms with Crippen LogP contribution in [0.15, 0.2) is 59.4 Å². The summed E-state index contributed by atoms with van der Waals surface area (Å²) in [6.45, 7) is 0.436. The SMILES string of the molecule is COc1nc(O[C@H]2CCc3c(-c4cccc(C(=O)Nc5ccc(CNCC(O)CC(=O)O)[nH]c5=O)c4Cl)cccc32)c(Cl)cc1CNCC(O)CC(=O)O. The summed E-state index contributed by atoms with van der Waals surface area (Å²) in [4.78, 5) is 54.8. The van der Waals surface area contributed by atoms with Gasteiger partial charge >= 0.3 is 11.9 Å². The molecular weight excluding hydrogens is 745 g/mol. The van der Waals surface area contributed by atoms with E-state index in [1.807, 2.05) is 24.3 Å². The van der Waals surface area contributed by atoms with Crippen molar-refractivity contribution in [3.63, 3.8) is 0 Å². The van der Waals surface area contributed by atoms with Crippen molar-refractivity contribution in [2.24, 2.45) is 0 Å². The normalized spacial score (nSPS) is 14.6. The summed E-state index contributed by atoms with van der Waals surface area (Å²) in [5.41, 5.74) is 3.95. The second kappa shape index (κ2) is 18.3. The number of fused-ring (bicyclic) bond motifs is 1. The van der Waals surface area contributed by atoms with Gasteiger partial charge in [-0.1, -0.05) is 53.5 Å². The van der Waals surface area contributed by atoms with Crippen molar-refractivity contribution in [3.05, 3.63) is 103 Å². The van der Waals surface area contributed by atoms with Crippen molar-refractivity contribution >= 4 is 46.7 Å². The Morgan fingerprint density at radius 2 is 1.59 bits per heavy atom. The number of methoxy groups -OCH3 is 1. The van der Waals surface area contributed by atoms with Crippen LogP contribution in [0.5, 0.6) is 11.8 Å². The monoisotopic (exact) mass is 783 g/mol. The van der Waals surface area contributed by atoms with Crippen LogP contribution >= 0.6 is 23.2 Å². The fraction of sp³-hybridized carbons (Fsp3) is 0.324. The fourth-order valence-electron chi connectivity index (χ4n) is 6.12. The molecule has 0 bridgehead atoms. The molecule has 2 aromatic carbocycles. The topological polar surface area (TPSA) is 232 Å². The van der Waals surface area contributed by atoms with Crippen LogP contribution in [0.4, 0.5) is 5.69 Å². The van der Waals surface area contributed by atoms with Crippen LogP contribution in [0.25, 0.3) is 11.1 Å². The van der Waals surface area contributed by atoms with Crippen LogP contribution in [0.3, 0.4) is 0 Å². The van der Waals surface area contributed by atoms with Gasteiger partial charge in [-0.05, 0) is 53.8 Å². The summed E-state index contributed by atoms with van der Waals surface area (Å²) < 4.78 is 11.8. The molecule has 2 heterocycles. The number of hydrogen-bond acceptors (Lipinski definition) is 11. The van der Waals surface area contributed by atoms with Gasteiger partial charge < -0.3 is 50.8 Å². The lowest BCUT2D eigenvalue weighted by Crippen LogP contribution is -2.29. The second-order valence-electron chi connectivity index (χ2n) is 12.6. The highest BCUT2D eigenvalue weighted by Crippen LogP contribution is 2.43. The first-order valence-corrected chi connectivity index (χ1v) is 17.7. The van der Waals surface area contributed by atoms with Gasteiger partial charge in [-0.2, -0.15) is 4.98 Å². The Morgan fingerprint density at radius 3 is 2.26 bits per heavy atom. The fourth-order valence-corrected chi connectivity index (χ4v) is 6.65. The molecule has 1 aliphatic rings. The number of carbonyl (C=O) groups excluding carboxylic acids is 1. The van der Waals surface area contributed by atoms with Crippen molar-refractivity contribution < 1.29 is 44.3 Å². The van der Waals surface area contributed by atoms with Crippen LogP contribution in [0.2, 0.25) is 10.0 Å². The van der Waals surface area contributed by atoms with Gasteiger partial charge in [0.25, 0.3) is 11.5 Å². The van der Waals surface area contributed by atoms with E-state index >= 15 is 0 Å². The lowest BCUT2D eigenvalue weighted by atomic mass is 9.95. The van der Waals surface area contributed by atoms with Gasteiger partial charge in [0.2, 0.25) is 11.8 Å². The number of aliphatic hydroxyl groups is 2. The zero-order valence-electron chi connectivity index (χ0n) is 29.0. The lowest BCUT2D eigenvalue weighted by Gasteiger charge is -2.18. The third-order valence-corrected chi connectivity index (χ3v) is 9.29. The summed E-state index contributed by atoms with van der Waals surface area (Å²) in [5, 5.41) is 46.1. The number of pyridine rings is 2. The number of anilines is 1. The van der Waals surface area contributed by atoms with E-state index in [0.29, 0.717) is 29.7 Å². The Labute approximate surface area is 319 Å². The van der Waals surface area contributed by atoms with Gasteiger partial charge in [0, 0.05) is 43.0 Å². The molecule has 0 fully saturated rings. The number of hydrogen-bond donors (Lipinski definition) is 8. The van der Waals surface area contributed by atoms with Gasteiger partial charge in [0.15, 0.2) is 0 Å². The summed E-state index contributed by atoms with van der Waals surface area (Å²) >= 11 is 13.5. The van der Waals surface area contributed by atoms with E-state index in [4.69, 9.17) is 42.9 Å². The zero-order chi connectivity index (χ0) is 38.9. The summed E-state index contributed by atoms with van der Waals surface area (Å²) in [6.07, 6.45) is -2.11. The maximum absolute atomic E-state index is 13.4. The molecule has 0 spiro atoms. The zero-order valence-corrected chi connectivity index (χ0v) is 30.5. The van der Waals surface area contributed by atoms with Crippen LogP contribution in [0, 0.1) is 0 Å². The predicted octanol–water partition coefficient (Wildman–Crippen LogP) is 3.92. The number of aliphatic carboxylic acids is 2. The Bertz CT molecular complexity index is 2080. The first kappa shape index (κ1) is 40.2. The summed E-state index contributed by atoms with van der Waals surface area (Å²) in [6, 6.07) is 15.5. The van der Waals surface area contributed by atoms with E-state index < -0.39 is 48.1 Å². The third-order valence-electron chi connectivity index (χ3n) is 8.61. The predicted molar refractivity (Wildman–Crippen MR) is 199 cm³/mol. The molecule has 8 N–H and O–H groups in total. The number of nitrogens with zero attached hydrogens (tertiary/aromatic N) is 1. The number of ether oxygens (including phenoxy) is 2. The van der Waals surface area contributed by atoms with E-state index in [1.165, 1.54) is 13.2 Å². The first-order chi connectivity index (χ1) is 25.8. The molecule has 3 atom stereocenters. The van der Waals surface area contributed by atoms with Crippen LogP contribution in [-0.4, -0.2) is 80.6 Å². The number of carbonyl (C=O) groups is 3. The molecule has 0 saturated heterocycles. The molecular formula is C37H39Cl2N5O10. The third kappa shape index (κ3) is 10.1. The van der Waals surface area contributed by atoms with Crippen molar-refractivity contribution in [3.8, 4) is 22.9 Å². The lowest BCUT2D eigenvalue weighted by molar-refractivity contribution is -0.140. The molecule has 17 heteroatoms. The van der Waals surface area contributed by atoms with Crippen LogP contribution in [-0.2, 0) is 29.1 Å². The molecule has 15 nitrogen and oxygen atoms in total. The van der Waals surface area contributed by atoms with Gasteiger partial charge in [-0.15, -0.1) is 0 Å². The van der Waals surface area contributed by atoms with E-state index in [2.05, 4.69) is 25.9 Å². The minimum Gasteiger partial charge on any atom is -0.481 e. The summed E-state index contributed by atoms with van der Waals surface area (Å²) in [7, 11) is 1.45. The Hall–Kier alpha value is -5.03. The van der Waals surface area contributed by atoms with Gasteiger partial charge in [0.05, 0.1) is 42.7 Å². The van der Waals surface area contributed by atoms with E-state index in [9.17, 15) is 29.4 Å². The van der Waals surface area contributed by atoms with E-state index in [-0.39, 0.29) is 65.7 Å². The molecule has 54 heavy (non-hydrogen) atoms. The van der Waals surface area contributed by atoms with E-state index in [1.54, 1.807) is 24.3 Å².